The quantitative estimate of drug-likeness (QED) is 0.726. The van der Waals surface area contributed by atoms with E-state index in [1.807, 2.05) is 0 Å². The first-order chi connectivity index (χ1) is 7.65. The third-order valence-electron chi connectivity index (χ3n) is 3.26. The molecule has 2 heterocycles. The molecule has 4 nitrogen and oxygen atoms in total. The summed E-state index contributed by atoms with van der Waals surface area (Å²) in [4.78, 5) is 0. The zero-order chi connectivity index (χ0) is 11.6. The van der Waals surface area contributed by atoms with E-state index in [0.717, 1.165) is 51.9 Å². The van der Waals surface area contributed by atoms with Gasteiger partial charge >= 0.3 is 0 Å². The Morgan fingerprint density at radius 1 is 0.938 bits per heavy atom. The summed E-state index contributed by atoms with van der Waals surface area (Å²) < 4.78 is 28.9. The molecule has 0 amide bonds. The number of hydrogen-bond donors (Lipinski definition) is 0. The van der Waals surface area contributed by atoms with Gasteiger partial charge in [-0.2, -0.15) is 0 Å². The molecule has 0 radical (unpaired) electrons. The number of nitrogens with zero attached hydrogens (tertiary/aromatic N) is 2. The lowest BCUT2D eigenvalue weighted by Gasteiger charge is -2.33. The fourth-order valence-corrected chi connectivity index (χ4v) is 8.72. The van der Waals surface area contributed by atoms with E-state index < -0.39 is 16.9 Å². The van der Waals surface area contributed by atoms with E-state index in [1.165, 1.54) is 0 Å². The van der Waals surface area contributed by atoms with Gasteiger partial charge in [0.25, 0.3) is 0 Å². The van der Waals surface area contributed by atoms with Gasteiger partial charge in [0, 0.05) is 26.2 Å². The minimum atomic E-state index is -2.91. The molecule has 0 N–H and O–H groups in total. The average Bonchev–Trinajstić information content (AvgIpc) is 2.90. The molecule has 0 atom stereocenters. The molecule has 16 heavy (non-hydrogen) atoms. The van der Waals surface area contributed by atoms with E-state index in [4.69, 9.17) is 0 Å². The lowest BCUT2D eigenvalue weighted by Crippen LogP contribution is -2.29. The third-order valence-corrected chi connectivity index (χ3v) is 9.91. The zero-order valence-corrected chi connectivity index (χ0v) is 11.6. The minimum absolute atomic E-state index is 0.283. The van der Waals surface area contributed by atoms with Crippen LogP contribution in [0.15, 0.2) is 0 Å². The smallest absolute Gasteiger partial charge is 0.195 e. The van der Waals surface area contributed by atoms with Crippen LogP contribution in [-0.4, -0.2) is 49.7 Å². The number of rotatable bonds is 4. The van der Waals surface area contributed by atoms with Crippen molar-refractivity contribution in [3.63, 3.8) is 0 Å². The summed E-state index contributed by atoms with van der Waals surface area (Å²) in [5.41, 5.74) is 0. The molecule has 0 aromatic rings. The van der Waals surface area contributed by atoms with Crippen molar-refractivity contribution in [2.24, 2.45) is 0 Å². The van der Waals surface area contributed by atoms with Gasteiger partial charge in [0.05, 0.1) is 5.75 Å². The standard InChI is InChI=1S/C10H21N2O2PS/c1-2-16(13,14)15(11-7-3-4-8-11)12-9-5-6-10-12/h2-10H2,1H3. The molecule has 0 spiro atoms. The highest BCUT2D eigenvalue weighted by atomic mass is 32.8. The van der Waals surface area contributed by atoms with E-state index in [-0.39, 0.29) is 5.75 Å². The molecule has 0 aliphatic carbocycles. The maximum absolute atomic E-state index is 12.2. The molecule has 6 heteroatoms. The van der Waals surface area contributed by atoms with Gasteiger partial charge < -0.3 is 0 Å². The second kappa shape index (κ2) is 5.30. The topological polar surface area (TPSA) is 40.6 Å². The van der Waals surface area contributed by atoms with Crippen LogP contribution in [0.3, 0.4) is 0 Å². The van der Waals surface area contributed by atoms with E-state index in [1.54, 1.807) is 6.92 Å². The van der Waals surface area contributed by atoms with Gasteiger partial charge in [-0.15, -0.1) is 0 Å². The van der Waals surface area contributed by atoms with Crippen molar-refractivity contribution in [3.8, 4) is 0 Å². The van der Waals surface area contributed by atoms with Crippen molar-refractivity contribution in [2.45, 2.75) is 32.6 Å². The van der Waals surface area contributed by atoms with Crippen LogP contribution in [-0.2, 0) is 9.46 Å². The second-order valence-corrected chi connectivity index (χ2v) is 10.5. The van der Waals surface area contributed by atoms with Crippen molar-refractivity contribution >= 4 is 16.9 Å². The normalized spacial score (nSPS) is 24.6. The van der Waals surface area contributed by atoms with Crippen molar-refractivity contribution in [3.05, 3.63) is 0 Å². The molecule has 2 rings (SSSR count). The summed E-state index contributed by atoms with van der Waals surface area (Å²) in [6.45, 7) is 5.67. The van der Waals surface area contributed by atoms with Gasteiger partial charge in [0.1, 0.15) is 0 Å². The predicted octanol–water partition coefficient (Wildman–Crippen LogP) is 1.84. The first-order valence-electron chi connectivity index (χ1n) is 6.18. The fraction of sp³-hybridized carbons (Fsp3) is 1.00. The maximum Gasteiger partial charge on any atom is 0.195 e. The molecule has 2 fully saturated rings. The second-order valence-electron chi connectivity index (χ2n) is 4.44. The van der Waals surface area contributed by atoms with Gasteiger partial charge in [0.2, 0.25) is 0 Å². The molecular formula is C10H21N2O2PS. The van der Waals surface area contributed by atoms with Crippen LogP contribution in [0.2, 0.25) is 0 Å². The van der Waals surface area contributed by atoms with Crippen molar-refractivity contribution in [1.29, 1.82) is 0 Å². The van der Waals surface area contributed by atoms with E-state index in [2.05, 4.69) is 9.34 Å². The van der Waals surface area contributed by atoms with Crippen molar-refractivity contribution in [2.75, 3.05) is 31.9 Å². The van der Waals surface area contributed by atoms with Crippen LogP contribution < -0.4 is 0 Å². The Hall–Kier alpha value is 0.300. The SMILES string of the molecule is CCS(=O)(=O)P(N1CCCC1)N1CCCC1. The molecule has 0 unspecified atom stereocenters. The lowest BCUT2D eigenvalue weighted by molar-refractivity contribution is 0.482. The lowest BCUT2D eigenvalue weighted by atomic mass is 10.4. The molecule has 0 bridgehead atoms. The monoisotopic (exact) mass is 264 g/mol. The summed E-state index contributed by atoms with van der Waals surface area (Å²) in [5.74, 6) is 0.283. The average molecular weight is 264 g/mol. The molecule has 2 aliphatic rings. The van der Waals surface area contributed by atoms with Gasteiger partial charge in [-0.3, -0.25) is 9.34 Å². The molecular weight excluding hydrogens is 243 g/mol. The Balaban J connectivity index is 2.17. The van der Waals surface area contributed by atoms with Gasteiger partial charge in [-0.1, -0.05) is 6.92 Å². The maximum atomic E-state index is 12.2. The van der Waals surface area contributed by atoms with Crippen molar-refractivity contribution in [1.82, 2.24) is 9.34 Å². The molecule has 0 aromatic heterocycles. The van der Waals surface area contributed by atoms with Crippen LogP contribution in [0, 0.1) is 0 Å². The minimum Gasteiger partial charge on any atom is -0.257 e. The largest absolute Gasteiger partial charge is 0.257 e. The summed E-state index contributed by atoms with van der Waals surface area (Å²) in [6.07, 6.45) is 4.63. The molecule has 94 valence electrons. The highest BCUT2D eigenvalue weighted by Gasteiger charge is 2.38. The van der Waals surface area contributed by atoms with E-state index >= 15 is 0 Å². The molecule has 2 saturated heterocycles. The van der Waals surface area contributed by atoms with Gasteiger partial charge in [-0.05, 0) is 25.7 Å². The first kappa shape index (κ1) is 12.7. The van der Waals surface area contributed by atoms with Gasteiger partial charge in [-0.25, -0.2) is 8.42 Å². The Labute approximate surface area is 99.5 Å². The highest BCUT2D eigenvalue weighted by molar-refractivity contribution is 8.48. The Kier molecular flexibility index (Phi) is 4.22. The van der Waals surface area contributed by atoms with Crippen LogP contribution in [0.1, 0.15) is 32.6 Å². The predicted molar refractivity (Wildman–Crippen MR) is 68.0 cm³/mol. The number of hydrogen-bond acceptors (Lipinski definition) is 4. The van der Waals surface area contributed by atoms with Crippen LogP contribution in [0.25, 0.3) is 0 Å². The molecule has 2 aliphatic heterocycles. The third kappa shape index (κ3) is 2.58. The van der Waals surface area contributed by atoms with Crippen LogP contribution in [0.4, 0.5) is 0 Å². The van der Waals surface area contributed by atoms with Crippen LogP contribution in [0.5, 0.6) is 0 Å². The van der Waals surface area contributed by atoms with Gasteiger partial charge in [0.15, 0.2) is 16.9 Å². The van der Waals surface area contributed by atoms with E-state index in [9.17, 15) is 8.42 Å². The Morgan fingerprint density at radius 2 is 1.31 bits per heavy atom. The summed E-state index contributed by atoms with van der Waals surface area (Å²) >= 11 is 0. The summed E-state index contributed by atoms with van der Waals surface area (Å²) in [7, 11) is -3.98. The first-order valence-corrected chi connectivity index (χ1v) is 9.68. The van der Waals surface area contributed by atoms with Crippen LogP contribution >= 0.6 is 7.42 Å². The highest BCUT2D eigenvalue weighted by Crippen LogP contribution is 2.53. The molecule has 0 saturated carbocycles. The summed E-state index contributed by atoms with van der Waals surface area (Å²) in [6, 6.07) is 0. The Morgan fingerprint density at radius 3 is 1.62 bits per heavy atom. The molecule has 0 aromatic carbocycles. The van der Waals surface area contributed by atoms with Crippen molar-refractivity contribution < 1.29 is 8.42 Å². The van der Waals surface area contributed by atoms with E-state index in [0.29, 0.717) is 0 Å². The fourth-order valence-electron chi connectivity index (χ4n) is 2.39. The zero-order valence-electron chi connectivity index (χ0n) is 9.93. The Bertz CT molecular complexity index is 306. The summed E-state index contributed by atoms with van der Waals surface area (Å²) in [5, 5.41) is 0.